The number of sulfonamides is 1. The van der Waals surface area contributed by atoms with E-state index in [1.807, 2.05) is 27.7 Å². The van der Waals surface area contributed by atoms with Crippen molar-refractivity contribution in [3.63, 3.8) is 0 Å². The van der Waals surface area contributed by atoms with Gasteiger partial charge in [-0.15, -0.1) is 0 Å². The molecule has 8 nitrogen and oxygen atoms in total. The maximum atomic E-state index is 14.0. The van der Waals surface area contributed by atoms with Crippen LogP contribution in [-0.4, -0.2) is 63.1 Å². The first-order valence-corrected chi connectivity index (χ1v) is 11.9. The van der Waals surface area contributed by atoms with Gasteiger partial charge in [0, 0.05) is 51.0 Å². The van der Waals surface area contributed by atoms with Crippen LogP contribution in [0.5, 0.6) is 0 Å². The largest absolute Gasteiger partial charge is 0.306 e. The van der Waals surface area contributed by atoms with Crippen molar-refractivity contribution in [1.82, 2.24) is 28.5 Å². The molecule has 0 bridgehead atoms. The molecule has 32 heavy (non-hydrogen) atoms. The van der Waals surface area contributed by atoms with Crippen LogP contribution in [0.3, 0.4) is 0 Å². The van der Waals surface area contributed by atoms with Gasteiger partial charge in [0.2, 0.25) is 10.0 Å². The second kappa shape index (κ2) is 9.53. The minimum absolute atomic E-state index is 0.115. The van der Waals surface area contributed by atoms with Gasteiger partial charge in [-0.1, -0.05) is 12.1 Å². The third kappa shape index (κ3) is 4.77. The molecule has 0 N–H and O–H groups in total. The Labute approximate surface area is 189 Å². The summed E-state index contributed by atoms with van der Waals surface area (Å²) < 4.78 is 58.7. The van der Waals surface area contributed by atoms with E-state index in [4.69, 9.17) is 12.2 Å². The van der Waals surface area contributed by atoms with E-state index in [0.717, 1.165) is 34.6 Å². The standard InChI is InChI=1S/C20H22F2N6O2S2/c21-17-5-3-6-18(22)19(17)32(29,30)27-12-10-25(11-13-27)15-28-20(31)26(14-24-28)9-7-16-4-1-2-8-23-16/h1-6,8,14H,7,9-13,15H2. The van der Waals surface area contributed by atoms with Gasteiger partial charge >= 0.3 is 0 Å². The van der Waals surface area contributed by atoms with Gasteiger partial charge in [0.05, 0.1) is 6.67 Å². The van der Waals surface area contributed by atoms with Crippen LogP contribution in [0.1, 0.15) is 5.69 Å². The monoisotopic (exact) mass is 480 g/mol. The molecule has 1 aliphatic heterocycles. The van der Waals surface area contributed by atoms with Crippen molar-refractivity contribution < 1.29 is 17.2 Å². The summed E-state index contributed by atoms with van der Waals surface area (Å²) in [6.07, 6.45) is 4.15. The normalized spacial score (nSPS) is 15.8. The molecule has 3 aromatic rings. The van der Waals surface area contributed by atoms with Gasteiger partial charge in [-0.2, -0.15) is 9.40 Å². The number of rotatable bonds is 7. The molecule has 1 fully saturated rings. The first-order valence-electron chi connectivity index (χ1n) is 10.0. The fourth-order valence-corrected chi connectivity index (χ4v) is 5.34. The van der Waals surface area contributed by atoms with Crippen LogP contribution in [0, 0.1) is 16.4 Å². The van der Waals surface area contributed by atoms with Gasteiger partial charge in [-0.25, -0.2) is 21.9 Å². The Morgan fingerprint density at radius 3 is 2.38 bits per heavy atom. The number of nitrogens with zero attached hydrogens (tertiary/aromatic N) is 6. The van der Waals surface area contributed by atoms with Crippen molar-refractivity contribution in [1.29, 1.82) is 0 Å². The molecule has 4 rings (SSSR count). The lowest BCUT2D eigenvalue weighted by Crippen LogP contribution is -2.49. The average molecular weight is 481 g/mol. The second-order valence-corrected chi connectivity index (χ2v) is 9.63. The number of pyridine rings is 1. The molecule has 1 saturated heterocycles. The number of hydrogen-bond acceptors (Lipinski definition) is 6. The molecule has 3 heterocycles. The Hall–Kier alpha value is -2.54. The van der Waals surface area contributed by atoms with E-state index in [9.17, 15) is 17.2 Å². The summed E-state index contributed by atoms with van der Waals surface area (Å²) in [5.41, 5.74) is 0.964. The number of aryl methyl sites for hydroxylation is 2. The molecule has 12 heteroatoms. The lowest BCUT2D eigenvalue weighted by atomic mass is 10.3. The summed E-state index contributed by atoms with van der Waals surface area (Å²) in [5.74, 6) is -2.18. The van der Waals surface area contributed by atoms with Crippen LogP contribution in [0.4, 0.5) is 8.78 Å². The molecular weight excluding hydrogens is 458 g/mol. The first kappa shape index (κ1) is 22.6. The van der Waals surface area contributed by atoms with Crippen LogP contribution in [0.15, 0.2) is 53.8 Å². The van der Waals surface area contributed by atoms with E-state index >= 15 is 0 Å². The second-order valence-electron chi connectivity index (χ2n) is 7.39. The zero-order valence-electron chi connectivity index (χ0n) is 17.1. The van der Waals surface area contributed by atoms with Crippen LogP contribution in [0.25, 0.3) is 0 Å². The predicted octanol–water partition coefficient (Wildman–Crippen LogP) is 2.29. The van der Waals surface area contributed by atoms with Gasteiger partial charge in [-0.05, 0) is 36.5 Å². The van der Waals surface area contributed by atoms with Crippen LogP contribution >= 0.6 is 12.2 Å². The Morgan fingerprint density at radius 1 is 1.00 bits per heavy atom. The van der Waals surface area contributed by atoms with Gasteiger partial charge < -0.3 is 4.57 Å². The minimum Gasteiger partial charge on any atom is -0.306 e. The zero-order valence-corrected chi connectivity index (χ0v) is 18.8. The number of hydrogen-bond donors (Lipinski definition) is 0. The molecule has 0 radical (unpaired) electrons. The zero-order chi connectivity index (χ0) is 22.7. The molecule has 1 aliphatic rings. The molecule has 0 unspecified atom stereocenters. The van der Waals surface area contributed by atoms with Crippen molar-refractivity contribution in [2.24, 2.45) is 0 Å². The van der Waals surface area contributed by atoms with Gasteiger partial charge in [0.25, 0.3) is 0 Å². The summed E-state index contributed by atoms with van der Waals surface area (Å²) in [7, 11) is -4.25. The fourth-order valence-electron chi connectivity index (χ4n) is 3.56. The van der Waals surface area contributed by atoms with Crippen molar-refractivity contribution in [2.45, 2.75) is 24.5 Å². The minimum atomic E-state index is -4.25. The molecule has 0 amide bonds. The average Bonchev–Trinajstić information content (AvgIpc) is 3.12. The van der Waals surface area contributed by atoms with E-state index in [-0.39, 0.29) is 13.1 Å². The molecule has 0 saturated carbocycles. The summed E-state index contributed by atoms with van der Waals surface area (Å²) in [6, 6.07) is 8.78. The van der Waals surface area contributed by atoms with E-state index < -0.39 is 26.6 Å². The highest BCUT2D eigenvalue weighted by Crippen LogP contribution is 2.23. The number of benzene rings is 1. The van der Waals surface area contributed by atoms with E-state index in [1.54, 1.807) is 17.2 Å². The number of aromatic nitrogens is 4. The molecule has 1 aromatic carbocycles. The van der Waals surface area contributed by atoms with Crippen LogP contribution in [0.2, 0.25) is 0 Å². The first-order chi connectivity index (χ1) is 15.4. The van der Waals surface area contributed by atoms with Crippen molar-refractivity contribution >= 4 is 22.2 Å². The van der Waals surface area contributed by atoms with Crippen LogP contribution in [-0.2, 0) is 29.7 Å². The molecule has 0 atom stereocenters. The highest BCUT2D eigenvalue weighted by molar-refractivity contribution is 7.89. The maximum absolute atomic E-state index is 14.0. The summed E-state index contributed by atoms with van der Waals surface area (Å²) >= 11 is 5.51. The number of piperazine rings is 1. The lowest BCUT2D eigenvalue weighted by Gasteiger charge is -2.33. The van der Waals surface area contributed by atoms with E-state index in [1.165, 1.54) is 0 Å². The van der Waals surface area contributed by atoms with Gasteiger partial charge in [-0.3, -0.25) is 9.88 Å². The van der Waals surface area contributed by atoms with Crippen LogP contribution < -0.4 is 0 Å². The SMILES string of the molecule is O=S(=O)(c1c(F)cccc1F)N1CCN(Cn2ncn(CCc3ccccn3)c2=S)CC1. The Morgan fingerprint density at radius 2 is 1.72 bits per heavy atom. The molecule has 2 aromatic heterocycles. The summed E-state index contributed by atoms with van der Waals surface area (Å²) in [6.45, 7) is 2.05. The third-order valence-corrected chi connectivity index (χ3v) is 7.71. The smallest absolute Gasteiger partial charge is 0.249 e. The Bertz CT molecular complexity index is 1220. The van der Waals surface area contributed by atoms with Crippen molar-refractivity contribution in [3.05, 3.63) is 71.0 Å². The Balaban J connectivity index is 1.36. The maximum Gasteiger partial charge on any atom is 0.249 e. The molecule has 170 valence electrons. The van der Waals surface area contributed by atoms with Gasteiger partial charge in [0.1, 0.15) is 18.0 Å². The molecule has 0 aliphatic carbocycles. The van der Waals surface area contributed by atoms with E-state index in [0.29, 0.717) is 31.1 Å². The van der Waals surface area contributed by atoms with Crippen molar-refractivity contribution in [2.75, 3.05) is 26.2 Å². The predicted molar refractivity (Wildman–Crippen MR) is 116 cm³/mol. The topological polar surface area (TPSA) is 76.3 Å². The van der Waals surface area contributed by atoms with E-state index in [2.05, 4.69) is 10.1 Å². The van der Waals surface area contributed by atoms with Gasteiger partial charge in [0.15, 0.2) is 9.67 Å². The quantitative estimate of drug-likeness (QED) is 0.483. The molecule has 0 spiro atoms. The number of halogens is 2. The summed E-state index contributed by atoms with van der Waals surface area (Å²) in [4.78, 5) is 5.40. The third-order valence-electron chi connectivity index (χ3n) is 5.31. The summed E-state index contributed by atoms with van der Waals surface area (Å²) in [5, 5.41) is 4.34. The fraction of sp³-hybridized carbons (Fsp3) is 0.350. The Kier molecular flexibility index (Phi) is 6.74. The highest BCUT2D eigenvalue weighted by Gasteiger charge is 2.33. The lowest BCUT2D eigenvalue weighted by molar-refractivity contribution is 0.144. The van der Waals surface area contributed by atoms with Crippen molar-refractivity contribution in [3.8, 4) is 0 Å². The molecular formula is C20H22F2N6O2S2. The highest BCUT2D eigenvalue weighted by atomic mass is 32.2.